The summed E-state index contributed by atoms with van der Waals surface area (Å²) >= 11 is 0. The largest absolute Gasteiger partial charge is 0.481 e. The standard InChI is InChI=1S/C13H22O6S/c1-10(8-12(14)15)20(16,17)11-2-5-19-13(9-11)3-6-18-7-4-13/h10-11H,2-9H2,1H3,(H,14,15). The molecule has 7 heteroatoms. The van der Waals surface area contributed by atoms with Gasteiger partial charge in [0.1, 0.15) is 0 Å². The number of sulfone groups is 1. The molecule has 0 radical (unpaired) electrons. The molecule has 0 aromatic heterocycles. The molecule has 2 unspecified atom stereocenters. The van der Waals surface area contributed by atoms with E-state index in [9.17, 15) is 13.2 Å². The molecule has 0 amide bonds. The van der Waals surface area contributed by atoms with Gasteiger partial charge in [0, 0.05) is 19.8 Å². The Bertz CT molecular complexity index is 446. The van der Waals surface area contributed by atoms with E-state index in [0.717, 1.165) is 0 Å². The van der Waals surface area contributed by atoms with E-state index in [2.05, 4.69) is 0 Å². The second-order valence-corrected chi connectivity index (χ2v) is 8.41. The fraction of sp³-hybridized carbons (Fsp3) is 0.923. The number of rotatable bonds is 4. The molecule has 2 saturated heterocycles. The Labute approximate surface area is 119 Å². The minimum atomic E-state index is -3.43. The Morgan fingerprint density at radius 1 is 1.35 bits per heavy atom. The molecular weight excluding hydrogens is 284 g/mol. The topological polar surface area (TPSA) is 89.9 Å². The van der Waals surface area contributed by atoms with Gasteiger partial charge in [-0.25, -0.2) is 8.42 Å². The zero-order chi connectivity index (χ0) is 14.8. The molecule has 0 aromatic rings. The SMILES string of the molecule is CC(CC(=O)O)S(=O)(=O)C1CCOC2(CCOCC2)C1. The number of ether oxygens (including phenoxy) is 2. The third-order valence-corrected chi connectivity index (χ3v) is 6.96. The van der Waals surface area contributed by atoms with Gasteiger partial charge in [0.15, 0.2) is 9.84 Å². The predicted molar refractivity (Wildman–Crippen MR) is 72.4 cm³/mol. The number of hydrogen-bond acceptors (Lipinski definition) is 5. The third-order valence-electron chi connectivity index (χ3n) is 4.34. The summed E-state index contributed by atoms with van der Waals surface area (Å²) in [5, 5.41) is 7.44. The van der Waals surface area contributed by atoms with Gasteiger partial charge in [-0.05, 0) is 32.6 Å². The smallest absolute Gasteiger partial charge is 0.304 e. The van der Waals surface area contributed by atoms with Crippen LogP contribution in [-0.4, -0.2) is 55.4 Å². The Morgan fingerprint density at radius 2 is 2.00 bits per heavy atom. The maximum Gasteiger partial charge on any atom is 0.304 e. The summed E-state index contributed by atoms with van der Waals surface area (Å²) in [5.74, 6) is -1.08. The monoisotopic (exact) mass is 306 g/mol. The second kappa shape index (κ2) is 5.99. The highest BCUT2D eigenvalue weighted by Crippen LogP contribution is 2.37. The molecule has 2 fully saturated rings. The van der Waals surface area contributed by atoms with Gasteiger partial charge in [0.25, 0.3) is 0 Å². The molecule has 2 rings (SSSR count). The number of aliphatic carboxylic acids is 1. The van der Waals surface area contributed by atoms with Gasteiger partial charge in [-0.1, -0.05) is 0 Å². The van der Waals surface area contributed by atoms with Crippen molar-refractivity contribution in [1.82, 2.24) is 0 Å². The summed E-state index contributed by atoms with van der Waals surface area (Å²) in [5.41, 5.74) is -0.392. The summed E-state index contributed by atoms with van der Waals surface area (Å²) in [6.45, 7) is 3.09. The maximum absolute atomic E-state index is 12.5. The van der Waals surface area contributed by atoms with Crippen LogP contribution in [0.5, 0.6) is 0 Å². The first-order valence-electron chi connectivity index (χ1n) is 7.02. The van der Waals surface area contributed by atoms with Gasteiger partial charge in [-0.2, -0.15) is 0 Å². The van der Waals surface area contributed by atoms with Crippen LogP contribution in [0.2, 0.25) is 0 Å². The fourth-order valence-electron chi connectivity index (χ4n) is 3.05. The van der Waals surface area contributed by atoms with E-state index in [0.29, 0.717) is 45.5 Å². The van der Waals surface area contributed by atoms with Crippen molar-refractivity contribution in [1.29, 1.82) is 0 Å². The lowest BCUT2D eigenvalue weighted by Crippen LogP contribution is -2.49. The molecule has 1 spiro atoms. The fourth-order valence-corrected chi connectivity index (χ4v) is 5.04. The lowest BCUT2D eigenvalue weighted by atomic mass is 9.86. The van der Waals surface area contributed by atoms with Crippen LogP contribution in [0.1, 0.15) is 39.0 Å². The number of carboxylic acid groups (broad SMARTS) is 1. The zero-order valence-corrected chi connectivity index (χ0v) is 12.5. The average Bonchev–Trinajstić information content (AvgIpc) is 2.39. The van der Waals surface area contributed by atoms with Crippen molar-refractivity contribution in [2.24, 2.45) is 0 Å². The molecular formula is C13H22O6S. The number of carboxylic acids is 1. The lowest BCUT2D eigenvalue weighted by Gasteiger charge is -2.43. The quantitative estimate of drug-likeness (QED) is 0.833. The Balaban J connectivity index is 2.09. The summed E-state index contributed by atoms with van der Waals surface area (Å²) in [6, 6.07) is 0. The van der Waals surface area contributed by atoms with E-state index >= 15 is 0 Å². The number of hydrogen-bond donors (Lipinski definition) is 1. The van der Waals surface area contributed by atoms with Gasteiger partial charge >= 0.3 is 5.97 Å². The normalized spacial score (nSPS) is 28.1. The van der Waals surface area contributed by atoms with Crippen LogP contribution in [-0.2, 0) is 24.1 Å². The molecule has 0 aromatic carbocycles. The van der Waals surface area contributed by atoms with Crippen LogP contribution in [0.4, 0.5) is 0 Å². The first-order valence-corrected chi connectivity index (χ1v) is 8.63. The third kappa shape index (κ3) is 3.32. The molecule has 116 valence electrons. The minimum absolute atomic E-state index is 0.337. The molecule has 0 saturated carbocycles. The maximum atomic E-state index is 12.5. The van der Waals surface area contributed by atoms with Crippen LogP contribution >= 0.6 is 0 Å². The summed E-state index contributed by atoms with van der Waals surface area (Å²) in [7, 11) is -3.43. The summed E-state index contributed by atoms with van der Waals surface area (Å²) in [4.78, 5) is 10.7. The summed E-state index contributed by atoms with van der Waals surface area (Å²) < 4.78 is 36.1. The van der Waals surface area contributed by atoms with Crippen LogP contribution in [0.15, 0.2) is 0 Å². The Hall–Kier alpha value is -0.660. The van der Waals surface area contributed by atoms with Crippen molar-refractivity contribution in [2.45, 2.75) is 55.1 Å². The lowest BCUT2D eigenvalue weighted by molar-refractivity contribution is -0.136. The van der Waals surface area contributed by atoms with E-state index in [4.69, 9.17) is 14.6 Å². The van der Waals surface area contributed by atoms with Gasteiger partial charge in [0.05, 0.1) is 22.5 Å². The van der Waals surface area contributed by atoms with Gasteiger partial charge in [-0.15, -0.1) is 0 Å². The van der Waals surface area contributed by atoms with E-state index in [-0.39, 0.29) is 6.42 Å². The molecule has 0 bridgehead atoms. The zero-order valence-electron chi connectivity index (χ0n) is 11.7. The van der Waals surface area contributed by atoms with Gasteiger partial charge < -0.3 is 14.6 Å². The molecule has 0 aliphatic carbocycles. The molecule has 1 N–H and O–H groups in total. The predicted octanol–water partition coefficient (Wildman–Crippen LogP) is 0.993. The molecule has 20 heavy (non-hydrogen) atoms. The highest BCUT2D eigenvalue weighted by atomic mass is 32.2. The Morgan fingerprint density at radius 3 is 2.60 bits per heavy atom. The highest BCUT2D eigenvalue weighted by Gasteiger charge is 2.44. The van der Waals surface area contributed by atoms with Crippen LogP contribution in [0, 0.1) is 0 Å². The van der Waals surface area contributed by atoms with E-state index in [1.807, 2.05) is 0 Å². The van der Waals surface area contributed by atoms with Gasteiger partial charge in [0.2, 0.25) is 0 Å². The first kappa shape index (κ1) is 15.7. The van der Waals surface area contributed by atoms with Crippen molar-refractivity contribution in [3.63, 3.8) is 0 Å². The molecule has 2 heterocycles. The molecule has 2 aliphatic heterocycles. The molecule has 6 nitrogen and oxygen atoms in total. The highest BCUT2D eigenvalue weighted by molar-refractivity contribution is 7.92. The second-order valence-electron chi connectivity index (χ2n) is 5.76. The summed E-state index contributed by atoms with van der Waals surface area (Å²) in [6.07, 6.45) is 2.01. The molecule has 2 aliphatic rings. The van der Waals surface area contributed by atoms with Crippen molar-refractivity contribution in [3.8, 4) is 0 Å². The van der Waals surface area contributed by atoms with Crippen molar-refractivity contribution < 1.29 is 27.8 Å². The van der Waals surface area contributed by atoms with Crippen LogP contribution in [0.25, 0.3) is 0 Å². The molecule has 2 atom stereocenters. The Kier molecular flexibility index (Phi) is 4.71. The van der Waals surface area contributed by atoms with E-state index < -0.39 is 31.9 Å². The van der Waals surface area contributed by atoms with Crippen molar-refractivity contribution in [2.75, 3.05) is 19.8 Å². The number of carbonyl (C=O) groups is 1. The van der Waals surface area contributed by atoms with Crippen molar-refractivity contribution >= 4 is 15.8 Å². The van der Waals surface area contributed by atoms with Gasteiger partial charge in [-0.3, -0.25) is 4.79 Å². The van der Waals surface area contributed by atoms with Crippen LogP contribution in [0.3, 0.4) is 0 Å². The van der Waals surface area contributed by atoms with Crippen LogP contribution < -0.4 is 0 Å². The first-order chi connectivity index (χ1) is 9.36. The van der Waals surface area contributed by atoms with E-state index in [1.54, 1.807) is 0 Å². The average molecular weight is 306 g/mol. The van der Waals surface area contributed by atoms with E-state index in [1.165, 1.54) is 6.92 Å². The van der Waals surface area contributed by atoms with Crippen molar-refractivity contribution in [3.05, 3.63) is 0 Å². The minimum Gasteiger partial charge on any atom is -0.481 e.